The van der Waals surface area contributed by atoms with Crippen molar-refractivity contribution in [1.29, 1.82) is 0 Å². The van der Waals surface area contributed by atoms with E-state index in [2.05, 4.69) is 4.99 Å². The first-order chi connectivity index (χ1) is 17.9. The van der Waals surface area contributed by atoms with Crippen LogP contribution in [0.15, 0.2) is 57.5 Å². The number of allylic oxidation sites excluding steroid dienone is 1. The van der Waals surface area contributed by atoms with E-state index in [1.54, 1.807) is 45.2 Å². The van der Waals surface area contributed by atoms with E-state index >= 15 is 0 Å². The number of nitrogens with zero attached hydrogens (tertiary/aromatic N) is 2. The van der Waals surface area contributed by atoms with Crippen LogP contribution in [0.25, 0.3) is 6.08 Å². The van der Waals surface area contributed by atoms with Crippen LogP contribution in [0.5, 0.6) is 23.0 Å². The molecule has 1 atom stereocenters. The monoisotopic (exact) mass is 524 g/mol. The quantitative estimate of drug-likeness (QED) is 0.418. The van der Waals surface area contributed by atoms with Crippen molar-refractivity contribution in [2.45, 2.75) is 19.9 Å². The molecule has 194 valence electrons. The van der Waals surface area contributed by atoms with Crippen molar-refractivity contribution in [2.75, 3.05) is 35.0 Å². The minimum Gasteiger partial charge on any atom is -0.496 e. The molecule has 0 saturated carbocycles. The molecular formula is C27H28N2O7S. The summed E-state index contributed by atoms with van der Waals surface area (Å²) >= 11 is 1.22. The number of thiazole rings is 1. The molecule has 0 spiro atoms. The van der Waals surface area contributed by atoms with Crippen molar-refractivity contribution in [3.63, 3.8) is 0 Å². The molecule has 0 N–H and O–H groups in total. The zero-order chi connectivity index (χ0) is 26.7. The highest BCUT2D eigenvalue weighted by Crippen LogP contribution is 2.38. The first-order valence-corrected chi connectivity index (χ1v) is 12.3. The van der Waals surface area contributed by atoms with Crippen LogP contribution in [0.3, 0.4) is 0 Å². The van der Waals surface area contributed by atoms with E-state index in [0.717, 1.165) is 0 Å². The number of ether oxygens (including phenoxy) is 5. The van der Waals surface area contributed by atoms with Crippen LogP contribution < -0.4 is 33.8 Å². The van der Waals surface area contributed by atoms with E-state index in [-0.39, 0.29) is 17.7 Å². The number of aromatic nitrogens is 1. The Morgan fingerprint density at radius 3 is 2.27 bits per heavy atom. The third-order valence-corrected chi connectivity index (χ3v) is 6.92. The highest BCUT2D eigenvalue weighted by atomic mass is 32.1. The van der Waals surface area contributed by atoms with Gasteiger partial charge in [0.05, 0.1) is 50.8 Å². The van der Waals surface area contributed by atoms with E-state index in [0.29, 0.717) is 49.2 Å². The van der Waals surface area contributed by atoms with Crippen LogP contribution in [0, 0.1) is 0 Å². The van der Waals surface area contributed by atoms with Crippen molar-refractivity contribution in [2.24, 2.45) is 4.99 Å². The normalized spacial score (nSPS) is 15.1. The molecule has 37 heavy (non-hydrogen) atoms. The van der Waals surface area contributed by atoms with Gasteiger partial charge in [-0.1, -0.05) is 29.5 Å². The van der Waals surface area contributed by atoms with Gasteiger partial charge < -0.3 is 23.7 Å². The predicted molar refractivity (Wildman–Crippen MR) is 139 cm³/mol. The highest BCUT2D eigenvalue weighted by molar-refractivity contribution is 7.07. The van der Waals surface area contributed by atoms with Gasteiger partial charge in [-0.25, -0.2) is 9.79 Å². The molecule has 0 bridgehead atoms. The summed E-state index contributed by atoms with van der Waals surface area (Å²) in [7, 11) is 6.14. The Hall–Kier alpha value is -4.05. The number of benzene rings is 2. The Kier molecular flexibility index (Phi) is 7.68. The van der Waals surface area contributed by atoms with Crippen LogP contribution in [-0.4, -0.2) is 45.6 Å². The highest BCUT2D eigenvalue weighted by Gasteiger charge is 2.35. The molecule has 9 nitrogen and oxygen atoms in total. The van der Waals surface area contributed by atoms with Crippen molar-refractivity contribution in [1.82, 2.24) is 4.57 Å². The van der Waals surface area contributed by atoms with Crippen LogP contribution in [0.1, 0.15) is 31.0 Å². The van der Waals surface area contributed by atoms with Gasteiger partial charge in [0.25, 0.3) is 5.56 Å². The van der Waals surface area contributed by atoms with Crippen LogP contribution in [0.4, 0.5) is 0 Å². The minimum absolute atomic E-state index is 0.194. The molecule has 10 heteroatoms. The van der Waals surface area contributed by atoms with Crippen molar-refractivity contribution in [3.8, 4) is 23.0 Å². The summed E-state index contributed by atoms with van der Waals surface area (Å²) in [5.74, 6) is 1.40. The van der Waals surface area contributed by atoms with Gasteiger partial charge in [-0.3, -0.25) is 9.36 Å². The van der Waals surface area contributed by atoms with E-state index in [1.165, 1.54) is 37.2 Å². The van der Waals surface area contributed by atoms with Crippen LogP contribution >= 0.6 is 11.3 Å². The molecule has 2 heterocycles. The summed E-state index contributed by atoms with van der Waals surface area (Å²) in [6.07, 6.45) is 1.73. The molecule has 1 aromatic heterocycles. The molecule has 1 aliphatic heterocycles. The lowest BCUT2D eigenvalue weighted by molar-refractivity contribution is -0.139. The number of rotatable bonds is 8. The lowest BCUT2D eigenvalue weighted by atomic mass is 9.95. The number of carbonyl (C=O) groups is 1. The molecule has 0 aliphatic carbocycles. The molecule has 1 aliphatic rings. The number of methoxy groups -OCH3 is 4. The predicted octanol–water partition coefficient (Wildman–Crippen LogP) is 2.83. The summed E-state index contributed by atoms with van der Waals surface area (Å²) in [5, 5.41) is 0. The number of fused-ring (bicyclic) bond motifs is 1. The number of carbonyl (C=O) groups excluding carboxylic acids is 1. The Labute approximate surface area is 217 Å². The first kappa shape index (κ1) is 26.0. The third kappa shape index (κ3) is 4.72. The number of hydrogen-bond acceptors (Lipinski definition) is 9. The molecule has 2 aromatic carbocycles. The first-order valence-electron chi connectivity index (χ1n) is 11.5. The van der Waals surface area contributed by atoms with E-state index < -0.39 is 12.0 Å². The van der Waals surface area contributed by atoms with E-state index in [9.17, 15) is 9.59 Å². The smallest absolute Gasteiger partial charge is 0.338 e. The van der Waals surface area contributed by atoms with E-state index in [4.69, 9.17) is 23.7 Å². The Morgan fingerprint density at radius 1 is 1.03 bits per heavy atom. The van der Waals surface area contributed by atoms with Gasteiger partial charge in [-0.05, 0) is 43.7 Å². The maximum atomic E-state index is 13.8. The second-order valence-corrected chi connectivity index (χ2v) is 9.01. The van der Waals surface area contributed by atoms with Gasteiger partial charge in [0.15, 0.2) is 16.3 Å². The summed E-state index contributed by atoms with van der Waals surface area (Å²) < 4.78 is 29.2. The fraction of sp³-hybridized carbons (Fsp3) is 0.296. The lowest BCUT2D eigenvalue weighted by Crippen LogP contribution is -2.40. The topological polar surface area (TPSA) is 97.6 Å². The minimum atomic E-state index is -0.770. The second-order valence-electron chi connectivity index (χ2n) is 8.00. The van der Waals surface area contributed by atoms with Gasteiger partial charge in [-0.2, -0.15) is 0 Å². The van der Waals surface area contributed by atoms with Gasteiger partial charge in [0.1, 0.15) is 11.8 Å². The average molecular weight is 525 g/mol. The summed E-state index contributed by atoms with van der Waals surface area (Å²) in [6.45, 7) is 3.67. The SMILES string of the molecule is CCOC(=O)C1=C(C)N=c2s/c(=C\c3cc(OC)c(OC)c(OC)c3)c(=O)n2C1c1ccccc1OC. The third-order valence-electron chi connectivity index (χ3n) is 5.94. The number of para-hydroxylation sites is 1. The van der Waals surface area contributed by atoms with Gasteiger partial charge in [0, 0.05) is 5.56 Å². The maximum Gasteiger partial charge on any atom is 0.338 e. The molecule has 4 rings (SSSR count). The van der Waals surface area contributed by atoms with Crippen molar-refractivity contribution in [3.05, 3.63) is 78.5 Å². The van der Waals surface area contributed by atoms with Crippen molar-refractivity contribution >= 4 is 23.4 Å². The fourth-order valence-corrected chi connectivity index (χ4v) is 5.36. The molecular weight excluding hydrogens is 496 g/mol. The van der Waals surface area contributed by atoms with Gasteiger partial charge in [0.2, 0.25) is 5.75 Å². The van der Waals surface area contributed by atoms with Gasteiger partial charge >= 0.3 is 5.97 Å². The molecule has 1 unspecified atom stereocenters. The Bertz CT molecular complexity index is 1530. The molecule has 3 aromatic rings. The lowest BCUT2D eigenvalue weighted by Gasteiger charge is -2.25. The van der Waals surface area contributed by atoms with Crippen molar-refractivity contribution < 1.29 is 28.5 Å². The molecule has 0 amide bonds. The fourth-order valence-electron chi connectivity index (χ4n) is 4.31. The standard InChI is InChI=1S/C27H28N2O7S/c1-7-36-26(31)22-15(2)28-27-29(23(22)17-10-8-9-11-18(17)32-3)25(30)21(37-27)14-16-12-19(33-4)24(35-6)20(13-16)34-5/h8-14,23H,7H2,1-6H3/b21-14-. The Morgan fingerprint density at radius 2 is 1.68 bits per heavy atom. The van der Waals surface area contributed by atoms with Crippen LogP contribution in [0.2, 0.25) is 0 Å². The number of esters is 1. The average Bonchev–Trinajstić information content (AvgIpc) is 3.21. The summed E-state index contributed by atoms with van der Waals surface area (Å²) in [4.78, 5) is 32.0. The Balaban J connectivity index is 1.98. The molecule has 0 radical (unpaired) electrons. The van der Waals surface area contributed by atoms with Crippen LogP contribution in [-0.2, 0) is 9.53 Å². The zero-order valence-corrected chi connectivity index (χ0v) is 22.3. The zero-order valence-electron chi connectivity index (χ0n) is 21.5. The van der Waals surface area contributed by atoms with E-state index in [1.807, 2.05) is 18.2 Å². The molecule has 0 fully saturated rings. The summed E-state index contributed by atoms with van der Waals surface area (Å²) in [6, 6.07) is 10.0. The van der Waals surface area contributed by atoms with Gasteiger partial charge in [-0.15, -0.1) is 0 Å². The summed E-state index contributed by atoms with van der Waals surface area (Å²) in [5.41, 5.74) is 1.80. The molecule has 0 saturated heterocycles. The second kappa shape index (κ2) is 10.9. The number of hydrogen-bond donors (Lipinski definition) is 0. The largest absolute Gasteiger partial charge is 0.496 e. The maximum absolute atomic E-state index is 13.8.